The lowest BCUT2D eigenvalue weighted by Gasteiger charge is -2.08. The average Bonchev–Trinajstić information content (AvgIpc) is 3.56. The number of fused-ring (bicyclic) bond motifs is 3. The maximum Gasteiger partial charge on any atom is 0.257 e. The first-order valence-corrected chi connectivity index (χ1v) is 12.1. The van der Waals surface area contributed by atoms with Crippen molar-refractivity contribution >= 4 is 55.0 Å². The first kappa shape index (κ1) is 20.1. The van der Waals surface area contributed by atoms with Crippen molar-refractivity contribution in [3.05, 3.63) is 58.1 Å². The van der Waals surface area contributed by atoms with Crippen LogP contribution >= 0.6 is 22.7 Å². The topological polar surface area (TPSA) is 102 Å². The van der Waals surface area contributed by atoms with E-state index in [1.54, 1.807) is 18.2 Å². The molecule has 33 heavy (non-hydrogen) atoms. The van der Waals surface area contributed by atoms with E-state index in [1.165, 1.54) is 22.7 Å². The number of aryl methyl sites for hydroxylation is 2. The van der Waals surface area contributed by atoms with E-state index < -0.39 is 0 Å². The van der Waals surface area contributed by atoms with Crippen LogP contribution in [-0.4, -0.2) is 28.6 Å². The Labute approximate surface area is 196 Å². The molecule has 10 heteroatoms. The fraction of sp³-hybridized carbons (Fsp3) is 0.217. The van der Waals surface area contributed by atoms with E-state index in [2.05, 4.69) is 20.6 Å². The van der Waals surface area contributed by atoms with Crippen molar-refractivity contribution < 1.29 is 19.1 Å². The molecule has 1 aliphatic heterocycles. The smallest absolute Gasteiger partial charge is 0.257 e. The number of nitrogens with one attached hydrogen (secondary N) is 2. The fourth-order valence-corrected chi connectivity index (χ4v) is 6.06. The quantitative estimate of drug-likeness (QED) is 0.440. The minimum atomic E-state index is -0.361. The molecule has 0 bridgehead atoms. The number of benzene rings is 2. The van der Waals surface area contributed by atoms with Crippen LogP contribution in [0.5, 0.6) is 11.5 Å². The third-order valence-corrected chi connectivity index (χ3v) is 7.72. The number of carbonyl (C=O) groups excluding carboxylic acids is 2. The Balaban J connectivity index is 1.17. The van der Waals surface area contributed by atoms with E-state index in [-0.39, 0.29) is 24.5 Å². The highest BCUT2D eigenvalue weighted by Gasteiger charge is 2.33. The standard InChI is InChI=1S/C23H18N4O4S2/c1-11-3-2-4-16-18(11)24-22(32-16)27-21(29)13-6-8-17-19(13)25-23(33-17)26-20(28)12-5-7-14-15(9-12)31-10-30-14/h2-5,7,9,13H,6,8,10H2,1H3,(H,24,27,29)(H,25,26,28). The van der Waals surface area contributed by atoms with Gasteiger partial charge in [0.1, 0.15) is 0 Å². The fourth-order valence-electron chi connectivity index (χ4n) is 4.08. The lowest BCUT2D eigenvalue weighted by atomic mass is 10.1. The van der Waals surface area contributed by atoms with Crippen LogP contribution in [0.15, 0.2) is 36.4 Å². The summed E-state index contributed by atoms with van der Waals surface area (Å²) in [6, 6.07) is 11.0. The molecule has 6 rings (SSSR count). The normalized spacial score (nSPS) is 16.1. The molecule has 0 saturated carbocycles. The number of para-hydroxylation sites is 1. The van der Waals surface area contributed by atoms with Crippen LogP contribution in [0.2, 0.25) is 0 Å². The van der Waals surface area contributed by atoms with Crippen LogP contribution in [0.25, 0.3) is 10.2 Å². The number of aromatic nitrogens is 2. The summed E-state index contributed by atoms with van der Waals surface area (Å²) in [6.45, 7) is 2.16. The van der Waals surface area contributed by atoms with Gasteiger partial charge in [-0.25, -0.2) is 9.97 Å². The number of carbonyl (C=O) groups is 2. The van der Waals surface area contributed by atoms with Crippen LogP contribution in [0.1, 0.15) is 38.8 Å². The first-order valence-electron chi connectivity index (χ1n) is 10.4. The Morgan fingerprint density at radius 3 is 2.76 bits per heavy atom. The molecule has 2 amide bonds. The van der Waals surface area contributed by atoms with Crippen LogP contribution in [0.3, 0.4) is 0 Å². The van der Waals surface area contributed by atoms with Crippen molar-refractivity contribution in [2.75, 3.05) is 17.4 Å². The SMILES string of the molecule is Cc1cccc2sc(NC(=O)C3CCc4sc(NC(=O)c5ccc6c(c5)OCO6)nc43)nc12. The van der Waals surface area contributed by atoms with Gasteiger partial charge in [0, 0.05) is 10.4 Å². The minimum absolute atomic E-state index is 0.121. The van der Waals surface area contributed by atoms with Gasteiger partial charge in [-0.1, -0.05) is 23.5 Å². The lowest BCUT2D eigenvalue weighted by Crippen LogP contribution is -2.20. The average molecular weight is 479 g/mol. The van der Waals surface area contributed by atoms with E-state index >= 15 is 0 Å². The van der Waals surface area contributed by atoms with E-state index in [1.807, 2.05) is 25.1 Å². The van der Waals surface area contributed by atoms with Crippen molar-refractivity contribution in [3.8, 4) is 11.5 Å². The molecule has 0 saturated heterocycles. The summed E-state index contributed by atoms with van der Waals surface area (Å²) < 4.78 is 11.7. The van der Waals surface area contributed by atoms with Gasteiger partial charge in [0.15, 0.2) is 21.8 Å². The van der Waals surface area contributed by atoms with E-state index in [0.717, 1.165) is 32.8 Å². The number of nitrogens with zero attached hydrogens (tertiary/aromatic N) is 2. The van der Waals surface area contributed by atoms with Crippen molar-refractivity contribution in [1.82, 2.24) is 9.97 Å². The number of hydrogen-bond donors (Lipinski definition) is 2. The summed E-state index contributed by atoms with van der Waals surface area (Å²) in [4.78, 5) is 35.9. The molecule has 2 aromatic carbocycles. The van der Waals surface area contributed by atoms with Crippen molar-refractivity contribution in [1.29, 1.82) is 0 Å². The van der Waals surface area contributed by atoms with E-state index in [4.69, 9.17) is 9.47 Å². The Morgan fingerprint density at radius 2 is 1.88 bits per heavy atom. The Hall–Kier alpha value is -3.50. The molecule has 1 unspecified atom stereocenters. The second kappa shape index (κ2) is 7.82. The van der Waals surface area contributed by atoms with Gasteiger partial charge < -0.3 is 14.8 Å². The second-order valence-electron chi connectivity index (χ2n) is 7.87. The van der Waals surface area contributed by atoms with Crippen molar-refractivity contribution in [2.24, 2.45) is 0 Å². The molecular formula is C23H18N4O4S2. The van der Waals surface area contributed by atoms with E-state index in [9.17, 15) is 9.59 Å². The van der Waals surface area contributed by atoms with Crippen LogP contribution in [0, 0.1) is 6.92 Å². The predicted octanol–water partition coefficient (Wildman–Crippen LogP) is 4.71. The number of amides is 2. The molecule has 2 aliphatic rings. The number of anilines is 2. The maximum absolute atomic E-state index is 13.0. The van der Waals surface area contributed by atoms with Crippen LogP contribution < -0.4 is 20.1 Å². The highest BCUT2D eigenvalue weighted by molar-refractivity contribution is 7.22. The summed E-state index contributed by atoms with van der Waals surface area (Å²) in [5, 5.41) is 6.87. The summed E-state index contributed by atoms with van der Waals surface area (Å²) >= 11 is 2.87. The number of ether oxygens (including phenoxy) is 2. The van der Waals surface area contributed by atoms with Gasteiger partial charge in [-0.3, -0.25) is 14.9 Å². The zero-order valence-corrected chi connectivity index (χ0v) is 19.1. The van der Waals surface area contributed by atoms with Gasteiger partial charge in [0.2, 0.25) is 12.7 Å². The first-order chi connectivity index (χ1) is 16.0. The molecule has 4 aromatic rings. The highest BCUT2D eigenvalue weighted by Crippen LogP contribution is 2.40. The molecule has 1 aliphatic carbocycles. The van der Waals surface area contributed by atoms with Crippen molar-refractivity contribution in [3.63, 3.8) is 0 Å². The predicted molar refractivity (Wildman–Crippen MR) is 127 cm³/mol. The molecule has 3 heterocycles. The summed E-state index contributed by atoms with van der Waals surface area (Å²) in [6.07, 6.45) is 1.45. The van der Waals surface area contributed by atoms with Gasteiger partial charge in [0.25, 0.3) is 5.91 Å². The molecule has 1 atom stereocenters. The zero-order valence-electron chi connectivity index (χ0n) is 17.5. The largest absolute Gasteiger partial charge is 0.454 e. The van der Waals surface area contributed by atoms with Crippen LogP contribution in [0.4, 0.5) is 10.3 Å². The highest BCUT2D eigenvalue weighted by atomic mass is 32.1. The monoisotopic (exact) mass is 478 g/mol. The van der Waals surface area contributed by atoms with Gasteiger partial charge in [-0.2, -0.15) is 0 Å². The summed E-state index contributed by atoms with van der Waals surface area (Å²) in [5.41, 5.74) is 3.17. The number of hydrogen-bond acceptors (Lipinski definition) is 8. The molecule has 2 N–H and O–H groups in total. The van der Waals surface area contributed by atoms with Crippen molar-refractivity contribution in [2.45, 2.75) is 25.7 Å². The number of thiazole rings is 2. The minimum Gasteiger partial charge on any atom is -0.454 e. The third kappa shape index (κ3) is 3.61. The zero-order chi connectivity index (χ0) is 22.5. The van der Waals surface area contributed by atoms with Crippen LogP contribution in [-0.2, 0) is 11.2 Å². The maximum atomic E-state index is 13.0. The molecular weight excluding hydrogens is 460 g/mol. The van der Waals surface area contributed by atoms with E-state index in [0.29, 0.717) is 33.7 Å². The second-order valence-corrected chi connectivity index (χ2v) is 9.99. The molecule has 166 valence electrons. The summed E-state index contributed by atoms with van der Waals surface area (Å²) in [7, 11) is 0. The molecule has 0 radical (unpaired) electrons. The van der Waals surface area contributed by atoms with Gasteiger partial charge >= 0.3 is 0 Å². The molecule has 0 fully saturated rings. The van der Waals surface area contributed by atoms with Gasteiger partial charge in [0.05, 0.1) is 21.8 Å². The van der Waals surface area contributed by atoms with Gasteiger partial charge in [-0.05, 0) is 49.6 Å². The third-order valence-electron chi connectivity index (χ3n) is 5.74. The Bertz CT molecular complexity index is 1430. The summed E-state index contributed by atoms with van der Waals surface area (Å²) in [5.74, 6) is 0.402. The number of rotatable bonds is 4. The Kier molecular flexibility index (Phi) is 4.77. The lowest BCUT2D eigenvalue weighted by molar-refractivity contribution is -0.117. The molecule has 0 spiro atoms. The molecule has 8 nitrogen and oxygen atoms in total. The molecule has 2 aromatic heterocycles. The van der Waals surface area contributed by atoms with Gasteiger partial charge in [-0.15, -0.1) is 11.3 Å². The Morgan fingerprint density at radius 1 is 1.03 bits per heavy atom.